The van der Waals surface area contributed by atoms with E-state index in [0.29, 0.717) is 28.3 Å². The van der Waals surface area contributed by atoms with Gasteiger partial charge < -0.3 is 9.73 Å². The molecule has 0 fully saturated rings. The first kappa shape index (κ1) is 18.1. The second-order valence-corrected chi connectivity index (χ2v) is 5.96. The zero-order valence-electron chi connectivity index (χ0n) is 15.0. The zero-order valence-corrected chi connectivity index (χ0v) is 15.0. The SMILES string of the molecule is C/C(=N\NC(=O)c1ccc(NC(=O)c2ccccc2C)cc1)c1ccco1. The largest absolute Gasteiger partial charge is 0.463 e. The number of aryl methyl sites for hydroxylation is 1. The summed E-state index contributed by atoms with van der Waals surface area (Å²) in [6.07, 6.45) is 1.54. The number of amides is 2. The Kier molecular flexibility index (Phi) is 5.47. The highest BCUT2D eigenvalue weighted by molar-refractivity contribution is 6.05. The van der Waals surface area contributed by atoms with Crippen LogP contribution in [0.5, 0.6) is 0 Å². The smallest absolute Gasteiger partial charge is 0.271 e. The summed E-state index contributed by atoms with van der Waals surface area (Å²) in [6.45, 7) is 3.62. The summed E-state index contributed by atoms with van der Waals surface area (Å²) >= 11 is 0. The van der Waals surface area contributed by atoms with Crippen LogP contribution in [-0.2, 0) is 0 Å². The standard InChI is InChI=1S/C21H19N3O3/c1-14-6-3-4-7-18(14)21(26)22-17-11-9-16(10-12-17)20(25)24-23-15(2)19-8-5-13-27-19/h3-13H,1-2H3,(H,22,26)(H,24,25)/b23-15+. The van der Waals surface area contributed by atoms with Crippen molar-refractivity contribution in [3.05, 3.63) is 89.4 Å². The molecule has 0 spiro atoms. The van der Waals surface area contributed by atoms with Crippen molar-refractivity contribution >= 4 is 23.2 Å². The third-order valence-electron chi connectivity index (χ3n) is 4.00. The fourth-order valence-electron chi connectivity index (χ4n) is 2.47. The third-order valence-corrected chi connectivity index (χ3v) is 4.00. The Balaban J connectivity index is 1.63. The highest BCUT2D eigenvalue weighted by Gasteiger charge is 2.10. The van der Waals surface area contributed by atoms with Crippen LogP contribution in [0.3, 0.4) is 0 Å². The molecule has 2 aromatic carbocycles. The predicted molar refractivity (Wildman–Crippen MR) is 104 cm³/mol. The Labute approximate surface area is 156 Å². The van der Waals surface area contributed by atoms with Crippen LogP contribution in [0.4, 0.5) is 5.69 Å². The van der Waals surface area contributed by atoms with Crippen LogP contribution in [0.25, 0.3) is 0 Å². The van der Waals surface area contributed by atoms with Gasteiger partial charge in [0.25, 0.3) is 11.8 Å². The van der Waals surface area contributed by atoms with E-state index in [1.54, 1.807) is 55.7 Å². The van der Waals surface area contributed by atoms with Gasteiger partial charge in [0.05, 0.1) is 6.26 Å². The van der Waals surface area contributed by atoms with Crippen molar-refractivity contribution < 1.29 is 14.0 Å². The summed E-state index contributed by atoms with van der Waals surface area (Å²) in [5.74, 6) is 0.0474. The van der Waals surface area contributed by atoms with Gasteiger partial charge in [0.2, 0.25) is 0 Å². The highest BCUT2D eigenvalue weighted by atomic mass is 16.3. The van der Waals surface area contributed by atoms with Gasteiger partial charge in [-0.25, -0.2) is 5.43 Å². The zero-order chi connectivity index (χ0) is 19.2. The maximum absolute atomic E-state index is 12.3. The van der Waals surface area contributed by atoms with E-state index in [-0.39, 0.29) is 11.8 Å². The molecule has 0 saturated carbocycles. The van der Waals surface area contributed by atoms with Gasteiger partial charge in [0.15, 0.2) is 0 Å². The Morgan fingerprint density at radius 3 is 2.33 bits per heavy atom. The van der Waals surface area contributed by atoms with Crippen LogP contribution in [0, 0.1) is 6.92 Å². The Hall–Kier alpha value is -3.67. The molecule has 0 atom stereocenters. The summed E-state index contributed by atoms with van der Waals surface area (Å²) in [7, 11) is 0. The molecular formula is C21H19N3O3. The van der Waals surface area contributed by atoms with E-state index in [4.69, 9.17) is 4.42 Å². The van der Waals surface area contributed by atoms with Crippen molar-refractivity contribution in [3.8, 4) is 0 Å². The molecular weight excluding hydrogens is 342 g/mol. The number of carbonyl (C=O) groups excluding carboxylic acids is 2. The van der Waals surface area contributed by atoms with Gasteiger partial charge >= 0.3 is 0 Å². The summed E-state index contributed by atoms with van der Waals surface area (Å²) in [5, 5.41) is 6.84. The first-order chi connectivity index (χ1) is 13.0. The van der Waals surface area contributed by atoms with Gasteiger partial charge in [-0.2, -0.15) is 5.10 Å². The molecule has 2 amide bonds. The molecule has 0 aliphatic carbocycles. The maximum atomic E-state index is 12.3. The monoisotopic (exact) mass is 361 g/mol. The van der Waals surface area contributed by atoms with E-state index in [9.17, 15) is 9.59 Å². The Morgan fingerprint density at radius 2 is 1.67 bits per heavy atom. The van der Waals surface area contributed by atoms with E-state index in [2.05, 4.69) is 15.8 Å². The van der Waals surface area contributed by atoms with E-state index in [0.717, 1.165) is 5.56 Å². The minimum Gasteiger partial charge on any atom is -0.463 e. The van der Waals surface area contributed by atoms with Gasteiger partial charge in [-0.1, -0.05) is 18.2 Å². The van der Waals surface area contributed by atoms with Gasteiger partial charge in [-0.05, 0) is 61.9 Å². The number of hydrogen-bond acceptors (Lipinski definition) is 4. The van der Waals surface area contributed by atoms with E-state index < -0.39 is 0 Å². The van der Waals surface area contributed by atoms with Crippen LogP contribution in [0.1, 0.15) is 39.0 Å². The minimum atomic E-state index is -0.349. The van der Waals surface area contributed by atoms with Gasteiger partial charge in [-0.3, -0.25) is 9.59 Å². The number of benzene rings is 2. The molecule has 6 nitrogen and oxygen atoms in total. The predicted octanol–water partition coefficient (Wildman–Crippen LogP) is 3.99. The highest BCUT2D eigenvalue weighted by Crippen LogP contribution is 2.13. The van der Waals surface area contributed by atoms with Crippen molar-refractivity contribution in [2.24, 2.45) is 5.10 Å². The first-order valence-corrected chi connectivity index (χ1v) is 8.40. The number of hydrogen-bond donors (Lipinski definition) is 2. The van der Waals surface area contributed by atoms with E-state index in [1.165, 1.54) is 0 Å². The summed E-state index contributed by atoms with van der Waals surface area (Å²) in [4.78, 5) is 24.5. The molecule has 1 aromatic heterocycles. The fourth-order valence-corrected chi connectivity index (χ4v) is 2.47. The average Bonchev–Trinajstić information content (AvgIpc) is 3.21. The molecule has 136 valence electrons. The van der Waals surface area contributed by atoms with Gasteiger partial charge in [0.1, 0.15) is 11.5 Å². The van der Waals surface area contributed by atoms with Crippen LogP contribution in [-0.4, -0.2) is 17.5 Å². The average molecular weight is 361 g/mol. The lowest BCUT2D eigenvalue weighted by Crippen LogP contribution is -2.19. The van der Waals surface area contributed by atoms with E-state index >= 15 is 0 Å². The molecule has 6 heteroatoms. The van der Waals surface area contributed by atoms with E-state index in [1.807, 2.05) is 25.1 Å². The lowest BCUT2D eigenvalue weighted by atomic mass is 10.1. The van der Waals surface area contributed by atoms with Gasteiger partial charge in [0, 0.05) is 16.8 Å². The van der Waals surface area contributed by atoms with Crippen LogP contribution < -0.4 is 10.7 Å². The van der Waals surface area contributed by atoms with Gasteiger partial charge in [-0.15, -0.1) is 0 Å². The second kappa shape index (κ2) is 8.14. The summed E-state index contributed by atoms with van der Waals surface area (Å²) in [6, 6.07) is 17.5. The van der Waals surface area contributed by atoms with Crippen LogP contribution in [0.15, 0.2) is 76.4 Å². The maximum Gasteiger partial charge on any atom is 0.271 e. The molecule has 0 radical (unpaired) electrons. The first-order valence-electron chi connectivity index (χ1n) is 8.40. The van der Waals surface area contributed by atoms with Crippen molar-refractivity contribution in [2.75, 3.05) is 5.32 Å². The normalized spacial score (nSPS) is 11.1. The number of nitrogens with one attached hydrogen (secondary N) is 2. The number of rotatable bonds is 5. The number of carbonyl (C=O) groups is 2. The van der Waals surface area contributed by atoms with Crippen molar-refractivity contribution in [3.63, 3.8) is 0 Å². The molecule has 3 aromatic rings. The third kappa shape index (κ3) is 4.49. The molecule has 1 heterocycles. The molecule has 0 saturated heterocycles. The second-order valence-electron chi connectivity index (χ2n) is 5.96. The van der Waals surface area contributed by atoms with Crippen LogP contribution in [0.2, 0.25) is 0 Å². The molecule has 0 aliphatic rings. The fraction of sp³-hybridized carbons (Fsp3) is 0.0952. The lowest BCUT2D eigenvalue weighted by Gasteiger charge is -2.08. The summed E-state index contributed by atoms with van der Waals surface area (Å²) < 4.78 is 5.21. The molecule has 0 bridgehead atoms. The molecule has 0 unspecified atom stereocenters. The number of anilines is 1. The lowest BCUT2D eigenvalue weighted by molar-refractivity contribution is 0.0954. The number of furan rings is 1. The Bertz CT molecular complexity index is 974. The molecule has 27 heavy (non-hydrogen) atoms. The minimum absolute atomic E-state index is 0.191. The molecule has 3 rings (SSSR count). The van der Waals surface area contributed by atoms with Crippen LogP contribution >= 0.6 is 0 Å². The van der Waals surface area contributed by atoms with Crippen molar-refractivity contribution in [1.29, 1.82) is 0 Å². The topological polar surface area (TPSA) is 83.7 Å². The quantitative estimate of drug-likeness (QED) is 0.532. The van der Waals surface area contributed by atoms with Crippen molar-refractivity contribution in [1.82, 2.24) is 5.43 Å². The molecule has 2 N–H and O–H groups in total. The van der Waals surface area contributed by atoms with Crippen molar-refractivity contribution in [2.45, 2.75) is 13.8 Å². The number of hydrazone groups is 1. The molecule has 0 aliphatic heterocycles. The summed E-state index contributed by atoms with van der Waals surface area (Å²) in [5.41, 5.74) is 5.60. The number of nitrogens with zero attached hydrogens (tertiary/aromatic N) is 1. The Morgan fingerprint density at radius 1 is 0.926 bits per heavy atom.